The lowest BCUT2D eigenvalue weighted by Crippen LogP contribution is -2.59. The van der Waals surface area contributed by atoms with Crippen LogP contribution in [0, 0.1) is 17.3 Å². The zero-order chi connectivity index (χ0) is 14.6. The molecule has 0 bridgehead atoms. The molecule has 4 heteroatoms. The van der Waals surface area contributed by atoms with E-state index in [9.17, 15) is 20.1 Å². The van der Waals surface area contributed by atoms with E-state index in [0.717, 1.165) is 0 Å². The van der Waals surface area contributed by atoms with Gasteiger partial charge in [0.1, 0.15) is 0 Å². The molecule has 3 N–H and O–H groups in total. The van der Waals surface area contributed by atoms with E-state index in [0.29, 0.717) is 12.0 Å². The summed E-state index contributed by atoms with van der Waals surface area (Å²) in [5, 5.41) is 31.1. The van der Waals surface area contributed by atoms with Gasteiger partial charge in [-0.3, -0.25) is 4.79 Å². The van der Waals surface area contributed by atoms with Gasteiger partial charge in [0.15, 0.2) is 5.78 Å². The predicted octanol–water partition coefficient (Wildman–Crippen LogP) is 1.04. The minimum Gasteiger partial charge on any atom is -0.393 e. The van der Waals surface area contributed by atoms with Crippen LogP contribution in [-0.2, 0) is 4.79 Å². The number of carbonyl (C=O) groups is 1. The molecule has 0 heterocycles. The Hall–Kier alpha value is -0.710. The van der Waals surface area contributed by atoms with Crippen LogP contribution in [0.15, 0.2) is 11.6 Å². The van der Waals surface area contributed by atoms with Gasteiger partial charge in [-0.15, -0.1) is 0 Å². The average molecular weight is 268 g/mol. The summed E-state index contributed by atoms with van der Waals surface area (Å²) in [4.78, 5) is 11.9. The standard InChI is InChI=1S/C15H24O4/c1-8-6-15(7-11(8)17)9(2)5-10(16)12(13(15)18)14(3,4)19/h6,9-10,12-13,16,18-19H,5,7H2,1-4H3. The highest BCUT2D eigenvalue weighted by Crippen LogP contribution is 2.53. The molecule has 4 nitrogen and oxygen atoms in total. The van der Waals surface area contributed by atoms with Crippen LogP contribution in [0.5, 0.6) is 0 Å². The van der Waals surface area contributed by atoms with Gasteiger partial charge in [0.2, 0.25) is 0 Å². The van der Waals surface area contributed by atoms with Crippen molar-refractivity contribution < 1.29 is 20.1 Å². The molecule has 5 unspecified atom stereocenters. The maximum absolute atomic E-state index is 11.9. The van der Waals surface area contributed by atoms with E-state index in [4.69, 9.17) is 0 Å². The van der Waals surface area contributed by atoms with Crippen LogP contribution < -0.4 is 0 Å². The van der Waals surface area contributed by atoms with Gasteiger partial charge in [0, 0.05) is 17.8 Å². The van der Waals surface area contributed by atoms with Crippen LogP contribution in [0.4, 0.5) is 0 Å². The minimum absolute atomic E-state index is 0.0116. The maximum atomic E-state index is 11.9. The molecule has 0 saturated heterocycles. The SMILES string of the molecule is CC1=CC2(CC1=O)C(C)CC(O)C(C(C)(C)O)C2O. The average Bonchev–Trinajstić information content (AvgIpc) is 2.52. The summed E-state index contributed by atoms with van der Waals surface area (Å²) in [7, 11) is 0. The van der Waals surface area contributed by atoms with E-state index in [1.165, 1.54) is 0 Å². The third kappa shape index (κ3) is 2.16. The van der Waals surface area contributed by atoms with E-state index in [1.807, 2.05) is 13.0 Å². The molecular weight excluding hydrogens is 244 g/mol. The first kappa shape index (κ1) is 14.7. The van der Waals surface area contributed by atoms with Gasteiger partial charge in [-0.1, -0.05) is 13.0 Å². The normalized spacial score (nSPS) is 43.7. The molecule has 2 aliphatic rings. The van der Waals surface area contributed by atoms with Crippen molar-refractivity contribution in [3.8, 4) is 0 Å². The zero-order valence-corrected chi connectivity index (χ0v) is 12.1. The first-order valence-corrected chi connectivity index (χ1v) is 6.91. The number of Topliss-reactive ketones (excluding diaryl/α,β-unsaturated/α-hetero) is 1. The first-order valence-electron chi connectivity index (χ1n) is 6.91. The van der Waals surface area contributed by atoms with E-state index in [1.54, 1.807) is 20.8 Å². The van der Waals surface area contributed by atoms with Gasteiger partial charge in [-0.05, 0) is 38.7 Å². The molecule has 1 fully saturated rings. The van der Waals surface area contributed by atoms with Gasteiger partial charge in [-0.2, -0.15) is 0 Å². The van der Waals surface area contributed by atoms with E-state index >= 15 is 0 Å². The van der Waals surface area contributed by atoms with E-state index < -0.39 is 29.1 Å². The molecule has 5 atom stereocenters. The van der Waals surface area contributed by atoms with Crippen LogP contribution in [0.1, 0.15) is 40.5 Å². The number of hydrogen-bond donors (Lipinski definition) is 3. The van der Waals surface area contributed by atoms with E-state index in [-0.39, 0.29) is 18.1 Å². The fraction of sp³-hybridized carbons (Fsp3) is 0.800. The number of aliphatic hydroxyl groups is 3. The Morgan fingerprint density at radius 2 is 1.95 bits per heavy atom. The largest absolute Gasteiger partial charge is 0.393 e. The lowest BCUT2D eigenvalue weighted by Gasteiger charge is -2.51. The number of allylic oxidation sites excluding steroid dienone is 1. The summed E-state index contributed by atoms with van der Waals surface area (Å²) >= 11 is 0. The predicted molar refractivity (Wildman–Crippen MR) is 71.4 cm³/mol. The quantitative estimate of drug-likeness (QED) is 0.664. The van der Waals surface area contributed by atoms with Crippen molar-refractivity contribution in [1.82, 2.24) is 0 Å². The number of hydrogen-bond acceptors (Lipinski definition) is 4. The summed E-state index contributed by atoms with van der Waals surface area (Å²) < 4.78 is 0. The van der Waals surface area contributed by atoms with Crippen molar-refractivity contribution in [3.05, 3.63) is 11.6 Å². The van der Waals surface area contributed by atoms with Gasteiger partial charge >= 0.3 is 0 Å². The highest BCUT2D eigenvalue weighted by Gasteiger charge is 2.57. The van der Waals surface area contributed by atoms with Crippen molar-refractivity contribution >= 4 is 5.78 Å². The second-order valence-corrected chi connectivity index (χ2v) is 6.87. The van der Waals surface area contributed by atoms with Crippen molar-refractivity contribution in [2.24, 2.45) is 17.3 Å². The van der Waals surface area contributed by atoms with E-state index in [2.05, 4.69) is 0 Å². The summed E-state index contributed by atoms with van der Waals surface area (Å²) in [6, 6.07) is 0. The molecular formula is C15H24O4. The second-order valence-electron chi connectivity index (χ2n) is 6.87. The Balaban J connectivity index is 2.43. The van der Waals surface area contributed by atoms with Gasteiger partial charge in [-0.25, -0.2) is 0 Å². The number of aliphatic hydroxyl groups excluding tert-OH is 2. The molecule has 0 amide bonds. The molecule has 0 aromatic carbocycles. The second kappa shape index (κ2) is 4.40. The Morgan fingerprint density at radius 3 is 2.37 bits per heavy atom. The molecule has 108 valence electrons. The molecule has 0 aromatic heterocycles. The lowest BCUT2D eigenvalue weighted by molar-refractivity contribution is -0.175. The minimum atomic E-state index is -1.18. The third-order valence-electron chi connectivity index (χ3n) is 5.03. The van der Waals surface area contributed by atoms with Gasteiger partial charge in [0.05, 0.1) is 17.8 Å². The summed E-state index contributed by atoms with van der Waals surface area (Å²) in [6.07, 6.45) is 0.964. The van der Waals surface area contributed by atoms with Crippen molar-refractivity contribution in [2.45, 2.75) is 58.3 Å². The summed E-state index contributed by atoms with van der Waals surface area (Å²) in [5.74, 6) is -0.576. The number of carbonyl (C=O) groups excluding carboxylic acids is 1. The third-order valence-corrected chi connectivity index (χ3v) is 5.03. The van der Waals surface area contributed by atoms with Crippen LogP contribution in [0.2, 0.25) is 0 Å². The van der Waals surface area contributed by atoms with Gasteiger partial charge < -0.3 is 15.3 Å². The Bertz CT molecular complexity index is 420. The highest BCUT2D eigenvalue weighted by molar-refractivity contribution is 5.98. The number of rotatable bonds is 1. The molecule has 2 aliphatic carbocycles. The zero-order valence-electron chi connectivity index (χ0n) is 12.1. The Kier molecular flexibility index (Phi) is 3.40. The topological polar surface area (TPSA) is 77.8 Å². The Labute approximate surface area is 114 Å². The van der Waals surface area contributed by atoms with Crippen LogP contribution in [0.3, 0.4) is 0 Å². The smallest absolute Gasteiger partial charge is 0.159 e. The molecule has 1 saturated carbocycles. The first-order chi connectivity index (χ1) is 8.59. The maximum Gasteiger partial charge on any atom is 0.159 e. The Morgan fingerprint density at radius 1 is 1.37 bits per heavy atom. The van der Waals surface area contributed by atoms with Crippen molar-refractivity contribution in [2.75, 3.05) is 0 Å². The highest BCUT2D eigenvalue weighted by atomic mass is 16.3. The van der Waals surface area contributed by atoms with Gasteiger partial charge in [0.25, 0.3) is 0 Å². The molecule has 1 spiro atoms. The van der Waals surface area contributed by atoms with Crippen LogP contribution in [0.25, 0.3) is 0 Å². The fourth-order valence-electron chi connectivity index (χ4n) is 3.88. The summed E-state index contributed by atoms with van der Waals surface area (Å²) in [5.41, 5.74) is -1.14. The molecule has 0 radical (unpaired) electrons. The molecule has 19 heavy (non-hydrogen) atoms. The molecule has 0 aromatic rings. The van der Waals surface area contributed by atoms with Crippen LogP contribution >= 0.6 is 0 Å². The molecule has 0 aliphatic heterocycles. The van der Waals surface area contributed by atoms with Crippen molar-refractivity contribution in [1.29, 1.82) is 0 Å². The van der Waals surface area contributed by atoms with Crippen LogP contribution in [-0.4, -0.2) is 38.9 Å². The van der Waals surface area contributed by atoms with Crippen molar-refractivity contribution in [3.63, 3.8) is 0 Å². The number of ketones is 1. The summed E-state index contributed by atoms with van der Waals surface area (Å²) in [6.45, 7) is 6.92. The fourth-order valence-corrected chi connectivity index (χ4v) is 3.88. The lowest BCUT2D eigenvalue weighted by atomic mass is 9.57. The monoisotopic (exact) mass is 268 g/mol. The molecule has 2 rings (SSSR count).